The van der Waals surface area contributed by atoms with Crippen molar-refractivity contribution in [3.8, 4) is 0 Å². The molecule has 1 atom stereocenters. The van der Waals surface area contributed by atoms with Crippen LogP contribution in [0.2, 0.25) is 0 Å². The highest BCUT2D eigenvalue weighted by atomic mass is 16.6. The topological polar surface area (TPSA) is 88.1 Å². The van der Waals surface area contributed by atoms with E-state index in [0.29, 0.717) is 29.9 Å². The lowest BCUT2D eigenvalue weighted by atomic mass is 10.0. The molecule has 0 aromatic heterocycles. The van der Waals surface area contributed by atoms with Gasteiger partial charge in [0.2, 0.25) is 0 Å². The molecule has 0 aromatic carbocycles. The van der Waals surface area contributed by atoms with Crippen molar-refractivity contribution in [3.05, 3.63) is 36.5 Å². The number of carbonyl (C=O) groups is 3. The Bertz CT molecular complexity index is 893. The smallest absolute Gasteiger partial charge is 0.333 e. The van der Waals surface area contributed by atoms with E-state index >= 15 is 0 Å². The molecule has 0 heterocycles. The van der Waals surface area contributed by atoms with Gasteiger partial charge in [0.25, 0.3) is 0 Å². The van der Waals surface area contributed by atoms with Crippen LogP contribution < -0.4 is 0 Å². The molecule has 1 unspecified atom stereocenters. The number of ether oxygens (including phenoxy) is 4. The quantitative estimate of drug-likeness (QED) is 0.0280. The molecule has 0 amide bonds. The molecule has 0 aliphatic heterocycles. The van der Waals surface area contributed by atoms with Crippen LogP contribution in [0.15, 0.2) is 36.5 Å². The second kappa shape index (κ2) is 34.1. The van der Waals surface area contributed by atoms with Gasteiger partial charge in [-0.15, -0.1) is 0 Å². The fraction of sp³-hybridized carbons (Fsp3) is 0.786. The zero-order chi connectivity index (χ0) is 36.4. The lowest BCUT2D eigenvalue weighted by molar-refractivity contribution is -0.157. The van der Waals surface area contributed by atoms with Gasteiger partial charge in [-0.05, 0) is 33.6 Å². The molecule has 7 nitrogen and oxygen atoms in total. The third-order valence-corrected chi connectivity index (χ3v) is 8.69. The minimum absolute atomic E-state index is 0.0595. The summed E-state index contributed by atoms with van der Waals surface area (Å²) in [6, 6.07) is 0. The van der Waals surface area contributed by atoms with Crippen LogP contribution in [0, 0.1) is 0 Å². The van der Waals surface area contributed by atoms with Gasteiger partial charge in [-0.25, -0.2) is 14.4 Å². The number of rotatable bonds is 36. The van der Waals surface area contributed by atoms with Crippen molar-refractivity contribution in [1.82, 2.24) is 0 Å². The normalized spacial score (nSPS) is 11.6. The van der Waals surface area contributed by atoms with E-state index < -0.39 is 18.0 Å². The van der Waals surface area contributed by atoms with E-state index in [9.17, 15) is 14.4 Å². The first-order chi connectivity index (χ1) is 23.6. The Morgan fingerprint density at radius 3 is 1.00 bits per heavy atom. The molecule has 0 aromatic rings. The summed E-state index contributed by atoms with van der Waals surface area (Å²) in [6.07, 6.45) is 32.1. The second-order valence-electron chi connectivity index (χ2n) is 14.0. The molecule has 0 spiro atoms. The van der Waals surface area contributed by atoms with Gasteiger partial charge in [-0.3, -0.25) is 0 Å². The van der Waals surface area contributed by atoms with Crippen molar-refractivity contribution in [1.29, 1.82) is 0 Å². The van der Waals surface area contributed by atoms with Gasteiger partial charge < -0.3 is 18.9 Å². The van der Waals surface area contributed by atoms with E-state index in [0.717, 1.165) is 25.7 Å². The summed E-state index contributed by atoms with van der Waals surface area (Å²) in [5, 5.41) is 0. The molecule has 0 fully saturated rings. The van der Waals surface area contributed by atoms with Crippen molar-refractivity contribution >= 4 is 17.9 Å². The summed E-state index contributed by atoms with van der Waals surface area (Å²) in [7, 11) is 0. The Morgan fingerprint density at radius 1 is 0.388 bits per heavy atom. The standard InChI is InChI=1S/C42H74O7/c1-36(2)40(43)47-33-31-29-27-25-23-21-19-17-15-13-11-9-7-8-10-12-14-16-18-20-22-24-26-28-30-32-46-34-39(49-42(45)38(5)6)35-48-41(44)37(3)4/h39H,1,3,5,7-35H2,2,4,6H3. The molecule has 0 rings (SSSR count). The molecule has 7 heteroatoms. The monoisotopic (exact) mass is 691 g/mol. The summed E-state index contributed by atoms with van der Waals surface area (Å²) >= 11 is 0. The summed E-state index contributed by atoms with van der Waals surface area (Å²) in [4.78, 5) is 34.8. The maximum atomic E-state index is 11.9. The molecule has 49 heavy (non-hydrogen) atoms. The highest BCUT2D eigenvalue weighted by Crippen LogP contribution is 2.16. The van der Waals surface area contributed by atoms with Crippen LogP contribution in [0.5, 0.6) is 0 Å². The second-order valence-corrected chi connectivity index (χ2v) is 14.0. The van der Waals surface area contributed by atoms with Gasteiger partial charge in [0.05, 0.1) is 13.2 Å². The zero-order valence-electron chi connectivity index (χ0n) is 32.1. The minimum Gasteiger partial charge on any atom is -0.462 e. The van der Waals surface area contributed by atoms with Crippen LogP contribution in [0.4, 0.5) is 0 Å². The van der Waals surface area contributed by atoms with E-state index in [1.54, 1.807) is 20.8 Å². The van der Waals surface area contributed by atoms with E-state index in [1.165, 1.54) is 135 Å². The van der Waals surface area contributed by atoms with Gasteiger partial charge in [0, 0.05) is 23.3 Å². The number of carbonyl (C=O) groups excluding carboxylic acids is 3. The van der Waals surface area contributed by atoms with Gasteiger partial charge in [0.15, 0.2) is 6.10 Å². The van der Waals surface area contributed by atoms with E-state index in [2.05, 4.69) is 19.7 Å². The Kier molecular flexibility index (Phi) is 32.4. The van der Waals surface area contributed by atoms with Crippen LogP contribution in [0.3, 0.4) is 0 Å². The summed E-state index contributed by atoms with van der Waals surface area (Å²) in [5.41, 5.74) is 1.08. The number of esters is 3. The largest absolute Gasteiger partial charge is 0.462 e. The lowest BCUT2D eigenvalue weighted by Gasteiger charge is -2.18. The van der Waals surface area contributed by atoms with Crippen molar-refractivity contribution in [2.75, 3.05) is 26.4 Å². The Labute approximate surface area is 301 Å². The first-order valence-corrected chi connectivity index (χ1v) is 19.7. The maximum absolute atomic E-state index is 11.9. The Hall–Kier alpha value is -2.41. The predicted molar refractivity (Wildman–Crippen MR) is 202 cm³/mol. The van der Waals surface area contributed by atoms with E-state index in [1.807, 2.05) is 0 Å². The Balaban J connectivity index is 3.39. The minimum atomic E-state index is -0.656. The molecule has 0 aliphatic rings. The van der Waals surface area contributed by atoms with Gasteiger partial charge in [0.1, 0.15) is 6.61 Å². The van der Waals surface area contributed by atoms with Crippen molar-refractivity contribution in [2.45, 2.75) is 187 Å². The van der Waals surface area contributed by atoms with Gasteiger partial charge >= 0.3 is 17.9 Å². The van der Waals surface area contributed by atoms with Crippen LogP contribution in [-0.4, -0.2) is 50.4 Å². The molecule has 0 saturated carbocycles. The molecule has 0 bridgehead atoms. The predicted octanol–water partition coefficient (Wildman–Crippen LogP) is 11.5. The summed E-state index contributed by atoms with van der Waals surface area (Å²) in [5.74, 6) is -1.29. The molecule has 0 radical (unpaired) electrons. The molecule has 0 saturated heterocycles. The van der Waals surface area contributed by atoms with Gasteiger partial charge in [-0.2, -0.15) is 0 Å². The van der Waals surface area contributed by atoms with E-state index in [-0.39, 0.29) is 19.2 Å². The average Bonchev–Trinajstić information content (AvgIpc) is 3.07. The van der Waals surface area contributed by atoms with Crippen LogP contribution in [-0.2, 0) is 33.3 Å². The maximum Gasteiger partial charge on any atom is 0.333 e. The number of hydrogen-bond donors (Lipinski definition) is 0. The fourth-order valence-electron chi connectivity index (χ4n) is 5.53. The van der Waals surface area contributed by atoms with Crippen LogP contribution in [0.25, 0.3) is 0 Å². The highest BCUT2D eigenvalue weighted by Gasteiger charge is 2.18. The van der Waals surface area contributed by atoms with E-state index in [4.69, 9.17) is 18.9 Å². The third kappa shape index (κ3) is 32.5. The molecule has 284 valence electrons. The van der Waals surface area contributed by atoms with Crippen molar-refractivity contribution in [2.24, 2.45) is 0 Å². The van der Waals surface area contributed by atoms with Crippen LogP contribution >= 0.6 is 0 Å². The first kappa shape index (κ1) is 46.6. The van der Waals surface area contributed by atoms with Gasteiger partial charge in [-0.1, -0.05) is 167 Å². The fourth-order valence-corrected chi connectivity index (χ4v) is 5.53. The molecule has 0 aliphatic carbocycles. The summed E-state index contributed by atoms with van der Waals surface area (Å²) < 4.78 is 21.3. The zero-order valence-corrected chi connectivity index (χ0v) is 32.1. The SMILES string of the molecule is C=C(C)C(=O)OCCCCCCCCCCCCCCCCCCCCCCCCCCCOCC(COC(=O)C(=C)C)OC(=O)C(=C)C. The lowest BCUT2D eigenvalue weighted by Crippen LogP contribution is -2.30. The average molecular weight is 691 g/mol. The number of hydrogen-bond acceptors (Lipinski definition) is 7. The van der Waals surface area contributed by atoms with Crippen molar-refractivity contribution in [3.63, 3.8) is 0 Å². The molecule has 0 N–H and O–H groups in total. The van der Waals surface area contributed by atoms with Crippen molar-refractivity contribution < 1.29 is 33.3 Å². The Morgan fingerprint density at radius 2 is 0.673 bits per heavy atom. The first-order valence-electron chi connectivity index (χ1n) is 19.7. The highest BCUT2D eigenvalue weighted by molar-refractivity contribution is 5.88. The number of unbranched alkanes of at least 4 members (excludes halogenated alkanes) is 24. The van der Waals surface area contributed by atoms with Crippen LogP contribution in [0.1, 0.15) is 181 Å². The molecular weight excluding hydrogens is 616 g/mol. The third-order valence-electron chi connectivity index (χ3n) is 8.69. The summed E-state index contributed by atoms with van der Waals surface area (Å²) in [6.45, 7) is 16.8. The molecular formula is C42H74O7.